The summed E-state index contributed by atoms with van der Waals surface area (Å²) in [4.78, 5) is 27.9. The molecule has 0 unspecified atom stereocenters. The van der Waals surface area contributed by atoms with Gasteiger partial charge in [0, 0.05) is 44.0 Å². The van der Waals surface area contributed by atoms with Crippen molar-refractivity contribution in [1.82, 2.24) is 9.13 Å². The molecule has 0 saturated heterocycles. The van der Waals surface area contributed by atoms with Gasteiger partial charge in [-0.2, -0.15) is 0 Å². The van der Waals surface area contributed by atoms with Crippen LogP contribution >= 0.6 is 0 Å². The molecule has 3 aromatic heterocycles. The van der Waals surface area contributed by atoms with E-state index in [1.165, 1.54) is 9.13 Å². The minimum Gasteiger partial charge on any atom is -0.455 e. The van der Waals surface area contributed by atoms with E-state index in [0.717, 1.165) is 66.1 Å². The molecule has 7 aromatic carbocycles. The molecule has 0 atom stereocenters. The van der Waals surface area contributed by atoms with Crippen molar-refractivity contribution in [3.8, 4) is 33.6 Å². The highest BCUT2D eigenvalue weighted by atomic mass is 16.3. The second kappa shape index (κ2) is 10.8. The van der Waals surface area contributed by atoms with Gasteiger partial charge in [0.15, 0.2) is 0 Å². The number of fused-ring (bicyclic) bond motifs is 7. The van der Waals surface area contributed by atoms with E-state index in [0.29, 0.717) is 22.4 Å². The predicted molar refractivity (Wildman–Crippen MR) is 201 cm³/mol. The zero-order chi connectivity index (χ0) is 33.3. The maximum atomic E-state index is 13.9. The lowest BCUT2D eigenvalue weighted by Gasteiger charge is -2.16. The van der Waals surface area contributed by atoms with E-state index in [1.807, 2.05) is 133 Å². The fourth-order valence-corrected chi connectivity index (χ4v) is 7.29. The maximum absolute atomic E-state index is 13.9. The van der Waals surface area contributed by atoms with E-state index in [2.05, 4.69) is 24.3 Å². The van der Waals surface area contributed by atoms with Gasteiger partial charge < -0.3 is 8.83 Å². The van der Waals surface area contributed by atoms with Gasteiger partial charge >= 0.3 is 11.1 Å². The fraction of sp³-hybridized carbons (Fsp3) is 0. The molecule has 0 bridgehead atoms. The van der Waals surface area contributed by atoms with E-state index in [1.54, 1.807) is 0 Å². The zero-order valence-electron chi connectivity index (χ0n) is 26.5. The number of para-hydroxylation sites is 6. The van der Waals surface area contributed by atoms with E-state index >= 15 is 0 Å². The number of benzene rings is 7. The van der Waals surface area contributed by atoms with Gasteiger partial charge in [-0.15, -0.1) is 0 Å². The molecule has 0 radical (unpaired) electrons. The van der Waals surface area contributed by atoms with E-state index in [9.17, 15) is 9.59 Å². The summed E-state index contributed by atoms with van der Waals surface area (Å²) in [6.07, 6.45) is 0. The van der Waals surface area contributed by atoms with Crippen molar-refractivity contribution in [2.75, 3.05) is 0 Å². The third-order valence-electron chi connectivity index (χ3n) is 9.63. The number of aromatic nitrogens is 2. The third kappa shape index (κ3) is 4.15. The number of nitrogens with zero attached hydrogens (tertiary/aromatic N) is 2. The van der Waals surface area contributed by atoms with Gasteiger partial charge in [-0.05, 0) is 59.7 Å². The molecule has 0 spiro atoms. The van der Waals surface area contributed by atoms with Crippen LogP contribution in [0.4, 0.5) is 0 Å². The van der Waals surface area contributed by atoms with Crippen molar-refractivity contribution in [3.05, 3.63) is 178 Å². The Balaban J connectivity index is 1.06. The lowest BCUT2D eigenvalue weighted by atomic mass is 10.0. The number of furan rings is 2. The normalized spacial score (nSPS) is 11.8. The molecule has 6 nitrogen and oxygen atoms in total. The molecule has 50 heavy (non-hydrogen) atoms. The molecule has 0 aliphatic heterocycles. The molecule has 10 rings (SSSR count). The van der Waals surface area contributed by atoms with Crippen LogP contribution in [0.3, 0.4) is 0 Å². The average Bonchev–Trinajstić information content (AvgIpc) is 3.75. The SMILES string of the molecule is O=c1c(=O)n(-c2ccc(-c3cccc4c3oc3ccccc34)cc2)c2ccccc2n1-c1ccc(-c2cccc3c2oc2ccccc23)cc1. The lowest BCUT2D eigenvalue weighted by molar-refractivity contribution is 0.669. The summed E-state index contributed by atoms with van der Waals surface area (Å²) in [6, 6.07) is 51.1. The van der Waals surface area contributed by atoms with Crippen LogP contribution in [0.15, 0.2) is 176 Å². The summed E-state index contributed by atoms with van der Waals surface area (Å²) in [7, 11) is 0. The Morgan fingerprint density at radius 3 is 1.18 bits per heavy atom. The molecule has 236 valence electrons. The Labute approximate surface area is 284 Å². The molecule has 0 fully saturated rings. The van der Waals surface area contributed by atoms with Crippen LogP contribution in [0, 0.1) is 0 Å². The van der Waals surface area contributed by atoms with Crippen LogP contribution in [0.1, 0.15) is 0 Å². The Morgan fingerprint density at radius 2 is 0.740 bits per heavy atom. The van der Waals surface area contributed by atoms with Crippen LogP contribution in [0.2, 0.25) is 0 Å². The summed E-state index contributed by atoms with van der Waals surface area (Å²) in [5.74, 6) is 0. The quantitative estimate of drug-likeness (QED) is 0.178. The van der Waals surface area contributed by atoms with Gasteiger partial charge in [0.05, 0.1) is 11.0 Å². The molecule has 6 heteroatoms. The van der Waals surface area contributed by atoms with Crippen molar-refractivity contribution >= 4 is 54.9 Å². The van der Waals surface area contributed by atoms with Crippen molar-refractivity contribution in [1.29, 1.82) is 0 Å². The third-order valence-corrected chi connectivity index (χ3v) is 9.63. The highest BCUT2D eigenvalue weighted by Gasteiger charge is 2.18. The average molecular weight is 647 g/mol. The van der Waals surface area contributed by atoms with Crippen LogP contribution < -0.4 is 11.1 Å². The Bertz CT molecular complexity index is 2860. The maximum Gasteiger partial charge on any atom is 0.321 e. The zero-order valence-corrected chi connectivity index (χ0v) is 26.5. The summed E-state index contributed by atoms with van der Waals surface area (Å²) in [6.45, 7) is 0. The Hall–Kier alpha value is -6.92. The Morgan fingerprint density at radius 1 is 0.360 bits per heavy atom. The summed E-state index contributed by atoms with van der Waals surface area (Å²) < 4.78 is 15.5. The molecule has 0 N–H and O–H groups in total. The summed E-state index contributed by atoms with van der Waals surface area (Å²) in [5, 5.41) is 4.23. The van der Waals surface area contributed by atoms with Crippen LogP contribution in [0.25, 0.3) is 88.5 Å². The van der Waals surface area contributed by atoms with E-state index in [-0.39, 0.29) is 0 Å². The highest BCUT2D eigenvalue weighted by Crippen LogP contribution is 2.37. The second-order valence-corrected chi connectivity index (χ2v) is 12.4. The summed E-state index contributed by atoms with van der Waals surface area (Å²) >= 11 is 0. The lowest BCUT2D eigenvalue weighted by Crippen LogP contribution is -2.40. The fourth-order valence-electron chi connectivity index (χ4n) is 7.29. The van der Waals surface area contributed by atoms with Crippen LogP contribution in [0.5, 0.6) is 0 Å². The van der Waals surface area contributed by atoms with Gasteiger partial charge in [0.1, 0.15) is 22.3 Å². The highest BCUT2D eigenvalue weighted by molar-refractivity contribution is 6.10. The van der Waals surface area contributed by atoms with Gasteiger partial charge in [-0.25, -0.2) is 0 Å². The van der Waals surface area contributed by atoms with Crippen molar-refractivity contribution in [2.24, 2.45) is 0 Å². The molecular formula is C44H26N2O4. The van der Waals surface area contributed by atoms with Crippen LogP contribution in [-0.2, 0) is 0 Å². The smallest absolute Gasteiger partial charge is 0.321 e. The number of hydrogen-bond acceptors (Lipinski definition) is 4. The molecule has 3 heterocycles. The van der Waals surface area contributed by atoms with Crippen molar-refractivity contribution in [2.45, 2.75) is 0 Å². The predicted octanol–water partition coefficient (Wildman–Crippen LogP) is 10.3. The van der Waals surface area contributed by atoms with Crippen molar-refractivity contribution in [3.63, 3.8) is 0 Å². The Kier molecular flexibility index (Phi) is 6.08. The van der Waals surface area contributed by atoms with Gasteiger partial charge in [-0.1, -0.05) is 109 Å². The molecule has 0 amide bonds. The van der Waals surface area contributed by atoms with Crippen LogP contribution in [-0.4, -0.2) is 9.13 Å². The molecule has 0 saturated carbocycles. The number of rotatable bonds is 4. The molecule has 0 aliphatic carbocycles. The van der Waals surface area contributed by atoms with Gasteiger partial charge in [0.25, 0.3) is 0 Å². The first kappa shape index (κ1) is 28.1. The minimum atomic E-state index is -0.632. The first-order chi connectivity index (χ1) is 24.6. The molecular weight excluding hydrogens is 620 g/mol. The number of hydrogen-bond donors (Lipinski definition) is 0. The first-order valence-electron chi connectivity index (χ1n) is 16.4. The van der Waals surface area contributed by atoms with Gasteiger partial charge in [-0.3, -0.25) is 18.7 Å². The first-order valence-corrected chi connectivity index (χ1v) is 16.4. The van der Waals surface area contributed by atoms with Gasteiger partial charge in [0.2, 0.25) is 0 Å². The summed E-state index contributed by atoms with van der Waals surface area (Å²) in [5.41, 5.74) is 8.29. The second-order valence-electron chi connectivity index (χ2n) is 12.4. The molecule has 0 aliphatic rings. The minimum absolute atomic E-state index is 0.602. The van der Waals surface area contributed by atoms with Crippen molar-refractivity contribution < 1.29 is 8.83 Å². The van der Waals surface area contributed by atoms with E-state index in [4.69, 9.17) is 8.83 Å². The largest absolute Gasteiger partial charge is 0.455 e. The monoisotopic (exact) mass is 646 g/mol. The topological polar surface area (TPSA) is 70.3 Å². The molecule has 10 aromatic rings. The van der Waals surface area contributed by atoms with E-state index < -0.39 is 11.1 Å². The standard InChI is InChI=1S/C44H26N2O4/c47-43-44(48)46(30-25-21-28(22-26-30)32-12-8-14-36-34-10-2-6-18-40(34)50-42(32)36)38-16-4-3-15-37(38)45(43)29-23-19-27(20-24-29)31-11-7-13-35-33-9-1-5-17-39(33)49-41(31)35/h1-26H.